The highest BCUT2D eigenvalue weighted by atomic mass is 35.5. The molecule has 2 nitrogen and oxygen atoms in total. The van der Waals surface area contributed by atoms with Crippen LogP contribution in [0.1, 0.15) is 33.3 Å². The van der Waals surface area contributed by atoms with Gasteiger partial charge in [0.2, 0.25) is 5.91 Å². The summed E-state index contributed by atoms with van der Waals surface area (Å²) in [7, 11) is 0. The van der Waals surface area contributed by atoms with Crippen LogP contribution in [0.3, 0.4) is 0 Å². The van der Waals surface area contributed by atoms with Gasteiger partial charge in [-0.2, -0.15) is 0 Å². The van der Waals surface area contributed by atoms with E-state index in [4.69, 9.17) is 11.6 Å². The minimum Gasteiger partial charge on any atom is -0.338 e. The third-order valence-corrected chi connectivity index (χ3v) is 2.88. The van der Waals surface area contributed by atoms with Gasteiger partial charge >= 0.3 is 0 Å². The quantitative estimate of drug-likeness (QED) is 0.804. The lowest BCUT2D eigenvalue weighted by Gasteiger charge is -2.30. The Bertz CT molecular complexity index is 380. The number of hydrogen-bond acceptors (Lipinski definition) is 1. The molecule has 3 heteroatoms. The molecule has 0 spiro atoms. The fraction of sp³-hybridized carbons (Fsp3) is 0.500. The number of benzene rings is 1. The Labute approximate surface area is 109 Å². The molecule has 1 rings (SSSR count). The predicted molar refractivity (Wildman–Crippen MR) is 72.3 cm³/mol. The summed E-state index contributed by atoms with van der Waals surface area (Å²) >= 11 is 5.91. The van der Waals surface area contributed by atoms with Gasteiger partial charge < -0.3 is 4.90 Å². The van der Waals surface area contributed by atoms with Gasteiger partial charge in [-0.25, -0.2) is 0 Å². The number of rotatable bonds is 4. The molecule has 0 bridgehead atoms. The van der Waals surface area contributed by atoms with Gasteiger partial charge in [0.15, 0.2) is 0 Å². The second-order valence-electron chi connectivity index (χ2n) is 4.80. The Morgan fingerprint density at radius 1 is 1.24 bits per heavy atom. The van der Waals surface area contributed by atoms with E-state index in [-0.39, 0.29) is 18.0 Å². The minimum absolute atomic E-state index is 0.150. The van der Waals surface area contributed by atoms with Crippen LogP contribution in [0.5, 0.6) is 0 Å². The average molecular weight is 254 g/mol. The molecule has 1 aromatic carbocycles. The van der Waals surface area contributed by atoms with Crippen LogP contribution >= 0.6 is 11.6 Å². The second kappa shape index (κ2) is 6.06. The molecule has 0 aliphatic heterocycles. The van der Waals surface area contributed by atoms with Crippen molar-refractivity contribution in [2.45, 2.75) is 46.2 Å². The first kappa shape index (κ1) is 14.0. The molecule has 0 aliphatic carbocycles. The van der Waals surface area contributed by atoms with Crippen LogP contribution in [0, 0.1) is 0 Å². The highest BCUT2D eigenvalue weighted by Crippen LogP contribution is 2.14. The van der Waals surface area contributed by atoms with Crippen LogP contribution < -0.4 is 0 Å². The van der Waals surface area contributed by atoms with Crippen molar-refractivity contribution in [3.05, 3.63) is 34.9 Å². The second-order valence-corrected chi connectivity index (χ2v) is 5.23. The third kappa shape index (κ3) is 4.04. The van der Waals surface area contributed by atoms with Crippen molar-refractivity contribution in [3.63, 3.8) is 0 Å². The van der Waals surface area contributed by atoms with E-state index in [1.165, 1.54) is 0 Å². The van der Waals surface area contributed by atoms with E-state index in [1.54, 1.807) is 0 Å². The zero-order valence-electron chi connectivity index (χ0n) is 10.9. The van der Waals surface area contributed by atoms with Gasteiger partial charge in [0, 0.05) is 17.1 Å². The van der Waals surface area contributed by atoms with E-state index in [9.17, 15) is 4.79 Å². The van der Waals surface area contributed by atoms with Crippen LogP contribution in [0.4, 0.5) is 0 Å². The summed E-state index contributed by atoms with van der Waals surface area (Å²) < 4.78 is 0. The molecule has 0 fully saturated rings. The Balaban J connectivity index is 2.77. The van der Waals surface area contributed by atoms with E-state index in [1.807, 2.05) is 56.9 Å². The van der Waals surface area contributed by atoms with Crippen molar-refractivity contribution in [1.82, 2.24) is 4.90 Å². The summed E-state index contributed by atoms with van der Waals surface area (Å²) in [5.74, 6) is 0.150. The number of carbonyl (C=O) groups is 1. The van der Waals surface area contributed by atoms with E-state index >= 15 is 0 Å². The lowest BCUT2D eigenvalue weighted by atomic mass is 10.1. The number of hydrogen-bond donors (Lipinski definition) is 0. The van der Waals surface area contributed by atoms with Crippen molar-refractivity contribution >= 4 is 17.5 Å². The molecular weight excluding hydrogens is 234 g/mol. The van der Waals surface area contributed by atoms with Crippen molar-refractivity contribution in [2.75, 3.05) is 0 Å². The molecule has 1 amide bonds. The van der Waals surface area contributed by atoms with Crippen molar-refractivity contribution in [3.8, 4) is 0 Å². The highest BCUT2D eigenvalue weighted by molar-refractivity contribution is 6.30. The van der Waals surface area contributed by atoms with E-state index in [2.05, 4.69) is 0 Å². The van der Waals surface area contributed by atoms with Crippen LogP contribution in [-0.4, -0.2) is 22.9 Å². The lowest BCUT2D eigenvalue weighted by Crippen LogP contribution is -2.42. The minimum atomic E-state index is 0.150. The molecule has 1 aromatic rings. The molecule has 17 heavy (non-hydrogen) atoms. The van der Waals surface area contributed by atoms with Gasteiger partial charge in [-0.05, 0) is 45.4 Å². The van der Waals surface area contributed by atoms with Crippen LogP contribution in [0.15, 0.2) is 24.3 Å². The van der Waals surface area contributed by atoms with Gasteiger partial charge in [0.1, 0.15) is 0 Å². The largest absolute Gasteiger partial charge is 0.338 e. The van der Waals surface area contributed by atoms with Gasteiger partial charge in [-0.3, -0.25) is 4.79 Å². The standard InChI is InChI=1S/C14H20ClNO/c1-10(2)16(11(3)4)14(17)9-12-6-5-7-13(15)8-12/h5-8,10-11H,9H2,1-4H3. The highest BCUT2D eigenvalue weighted by Gasteiger charge is 2.19. The van der Waals surface area contributed by atoms with E-state index < -0.39 is 0 Å². The average Bonchev–Trinajstić information content (AvgIpc) is 2.15. The van der Waals surface area contributed by atoms with Gasteiger partial charge in [0.25, 0.3) is 0 Å². The van der Waals surface area contributed by atoms with Crippen LogP contribution in [0.25, 0.3) is 0 Å². The van der Waals surface area contributed by atoms with Crippen LogP contribution in [-0.2, 0) is 11.2 Å². The first-order valence-corrected chi connectivity index (χ1v) is 6.35. The number of amides is 1. The summed E-state index contributed by atoms with van der Waals surface area (Å²) in [6, 6.07) is 7.92. The smallest absolute Gasteiger partial charge is 0.227 e. The fourth-order valence-corrected chi connectivity index (χ4v) is 2.30. The van der Waals surface area contributed by atoms with Crippen molar-refractivity contribution in [2.24, 2.45) is 0 Å². The maximum Gasteiger partial charge on any atom is 0.227 e. The molecule has 0 radical (unpaired) electrons. The summed E-state index contributed by atoms with van der Waals surface area (Å²) in [5.41, 5.74) is 0.966. The summed E-state index contributed by atoms with van der Waals surface area (Å²) in [4.78, 5) is 14.1. The molecule has 0 N–H and O–H groups in total. The molecule has 0 aromatic heterocycles. The molecule has 0 saturated carbocycles. The topological polar surface area (TPSA) is 20.3 Å². The zero-order chi connectivity index (χ0) is 13.0. The van der Waals surface area contributed by atoms with E-state index in [0.717, 1.165) is 5.56 Å². The molecule has 94 valence electrons. The van der Waals surface area contributed by atoms with Gasteiger partial charge in [-0.15, -0.1) is 0 Å². The Hall–Kier alpha value is -1.02. The SMILES string of the molecule is CC(C)N(C(=O)Cc1cccc(Cl)c1)C(C)C. The number of carbonyl (C=O) groups excluding carboxylic acids is 1. The fourth-order valence-electron chi connectivity index (χ4n) is 2.09. The summed E-state index contributed by atoms with van der Waals surface area (Å²) in [6.45, 7) is 8.15. The van der Waals surface area contributed by atoms with Gasteiger partial charge in [-0.1, -0.05) is 23.7 Å². The molecular formula is C14H20ClNO. The maximum atomic E-state index is 12.2. The Morgan fingerprint density at radius 3 is 2.29 bits per heavy atom. The third-order valence-electron chi connectivity index (χ3n) is 2.65. The monoisotopic (exact) mass is 253 g/mol. The molecule has 0 atom stereocenters. The molecule has 0 unspecified atom stereocenters. The maximum absolute atomic E-state index is 12.2. The van der Waals surface area contributed by atoms with Crippen molar-refractivity contribution in [1.29, 1.82) is 0 Å². The van der Waals surface area contributed by atoms with Gasteiger partial charge in [0.05, 0.1) is 6.42 Å². The number of halogens is 1. The molecule has 0 aliphatic rings. The lowest BCUT2D eigenvalue weighted by molar-refractivity contribution is -0.134. The first-order valence-electron chi connectivity index (χ1n) is 5.97. The zero-order valence-corrected chi connectivity index (χ0v) is 11.7. The normalized spacial score (nSPS) is 11.0. The Kier molecular flexibility index (Phi) is 5.01. The Morgan fingerprint density at radius 2 is 1.82 bits per heavy atom. The molecule has 0 heterocycles. The summed E-state index contributed by atoms with van der Waals surface area (Å²) in [6.07, 6.45) is 0.414. The van der Waals surface area contributed by atoms with E-state index in [0.29, 0.717) is 11.4 Å². The predicted octanol–water partition coefficient (Wildman–Crippen LogP) is 3.53. The van der Waals surface area contributed by atoms with Crippen LogP contribution in [0.2, 0.25) is 5.02 Å². The first-order chi connectivity index (χ1) is 7.91. The summed E-state index contributed by atoms with van der Waals surface area (Å²) in [5, 5.41) is 0.677. The molecule has 0 saturated heterocycles. The number of nitrogens with zero attached hydrogens (tertiary/aromatic N) is 1. The van der Waals surface area contributed by atoms with Crippen molar-refractivity contribution < 1.29 is 4.79 Å².